The van der Waals surface area contributed by atoms with Crippen molar-refractivity contribution in [2.24, 2.45) is 0 Å². The minimum absolute atomic E-state index is 0.186. The van der Waals surface area contributed by atoms with Gasteiger partial charge < -0.3 is 15.2 Å². The van der Waals surface area contributed by atoms with Gasteiger partial charge in [-0.3, -0.25) is 0 Å². The molecule has 0 aromatic heterocycles. The van der Waals surface area contributed by atoms with Crippen molar-refractivity contribution in [1.82, 2.24) is 5.32 Å². The molecule has 0 amide bonds. The highest BCUT2D eigenvalue weighted by Gasteiger charge is 2.10. The molecule has 0 saturated carbocycles. The van der Waals surface area contributed by atoms with E-state index in [1.165, 1.54) is 7.11 Å². The maximum absolute atomic E-state index is 9.71. The molecule has 72 valence electrons. The summed E-state index contributed by atoms with van der Waals surface area (Å²) in [6.07, 6.45) is 0. The average Bonchev–Trinajstić information content (AvgIpc) is 2.11. The quantitative estimate of drug-likeness (QED) is 0.855. The molecule has 0 unspecified atom stereocenters. The standard InChI is InChI=1S/C9H12BrNO2/c1-11-5-6-3-4-7(10)9(13-2)8(6)12/h3-4,11-12H,5H2,1-2H3. The molecule has 0 radical (unpaired) electrons. The van der Waals surface area contributed by atoms with Gasteiger partial charge in [-0.15, -0.1) is 0 Å². The Morgan fingerprint density at radius 2 is 2.23 bits per heavy atom. The number of methoxy groups -OCH3 is 1. The summed E-state index contributed by atoms with van der Waals surface area (Å²) >= 11 is 3.29. The number of phenolic OH excluding ortho intramolecular Hbond substituents is 1. The summed E-state index contributed by atoms with van der Waals surface area (Å²) in [4.78, 5) is 0. The Hall–Kier alpha value is -0.740. The third-order valence-electron chi connectivity index (χ3n) is 1.74. The van der Waals surface area contributed by atoms with Crippen LogP contribution in [0, 0.1) is 0 Å². The van der Waals surface area contributed by atoms with Gasteiger partial charge in [0.1, 0.15) is 0 Å². The molecule has 2 N–H and O–H groups in total. The zero-order valence-corrected chi connectivity index (χ0v) is 9.18. The Morgan fingerprint density at radius 3 is 2.77 bits per heavy atom. The molecule has 1 rings (SSSR count). The summed E-state index contributed by atoms with van der Waals surface area (Å²) in [5.41, 5.74) is 0.822. The van der Waals surface area contributed by atoms with E-state index in [0.717, 1.165) is 10.0 Å². The molecule has 1 aromatic carbocycles. The molecule has 1 aromatic rings. The van der Waals surface area contributed by atoms with Gasteiger partial charge in [0.15, 0.2) is 11.5 Å². The minimum atomic E-state index is 0.186. The lowest BCUT2D eigenvalue weighted by Gasteiger charge is -2.09. The molecule has 0 aliphatic heterocycles. The number of nitrogens with one attached hydrogen (secondary N) is 1. The molecule has 3 nitrogen and oxygen atoms in total. The SMILES string of the molecule is CNCc1ccc(Br)c(OC)c1O. The van der Waals surface area contributed by atoms with Crippen LogP contribution >= 0.6 is 15.9 Å². The summed E-state index contributed by atoms with van der Waals surface area (Å²) in [6, 6.07) is 3.70. The van der Waals surface area contributed by atoms with Crippen LogP contribution < -0.4 is 10.1 Å². The van der Waals surface area contributed by atoms with Crippen molar-refractivity contribution in [2.75, 3.05) is 14.2 Å². The van der Waals surface area contributed by atoms with Crippen LogP contribution in [0.4, 0.5) is 0 Å². The first-order chi connectivity index (χ1) is 6.20. The van der Waals surface area contributed by atoms with E-state index in [4.69, 9.17) is 4.74 Å². The summed E-state index contributed by atoms with van der Waals surface area (Å²) < 4.78 is 5.79. The van der Waals surface area contributed by atoms with Crippen molar-refractivity contribution >= 4 is 15.9 Å². The third-order valence-corrected chi connectivity index (χ3v) is 2.36. The van der Waals surface area contributed by atoms with Gasteiger partial charge in [-0.2, -0.15) is 0 Å². The van der Waals surface area contributed by atoms with Crippen molar-refractivity contribution in [3.05, 3.63) is 22.2 Å². The molecular weight excluding hydrogens is 234 g/mol. The topological polar surface area (TPSA) is 41.5 Å². The number of rotatable bonds is 3. The van der Waals surface area contributed by atoms with Crippen LogP contribution in [0.2, 0.25) is 0 Å². The Balaban J connectivity index is 3.11. The lowest BCUT2D eigenvalue weighted by molar-refractivity contribution is 0.367. The van der Waals surface area contributed by atoms with Gasteiger partial charge in [-0.05, 0) is 29.0 Å². The monoisotopic (exact) mass is 245 g/mol. The molecule has 0 bridgehead atoms. The van der Waals surface area contributed by atoms with Gasteiger partial charge in [0, 0.05) is 12.1 Å². The van der Waals surface area contributed by atoms with Crippen molar-refractivity contribution in [3.8, 4) is 11.5 Å². The number of hydrogen-bond acceptors (Lipinski definition) is 3. The predicted molar refractivity (Wildman–Crippen MR) is 55.1 cm³/mol. The number of hydrogen-bond donors (Lipinski definition) is 2. The van der Waals surface area contributed by atoms with Gasteiger partial charge in [0.25, 0.3) is 0 Å². The maximum Gasteiger partial charge on any atom is 0.175 e. The van der Waals surface area contributed by atoms with Crippen molar-refractivity contribution in [1.29, 1.82) is 0 Å². The zero-order valence-electron chi connectivity index (χ0n) is 7.60. The van der Waals surface area contributed by atoms with Gasteiger partial charge in [0.05, 0.1) is 11.6 Å². The Labute approximate surface area is 85.9 Å². The first kappa shape index (κ1) is 10.3. The normalized spacial score (nSPS) is 10.1. The lowest BCUT2D eigenvalue weighted by Crippen LogP contribution is -2.05. The van der Waals surface area contributed by atoms with Gasteiger partial charge in [-0.1, -0.05) is 6.07 Å². The number of ether oxygens (including phenoxy) is 1. The number of benzene rings is 1. The minimum Gasteiger partial charge on any atom is -0.504 e. The summed E-state index contributed by atoms with van der Waals surface area (Å²) in [5.74, 6) is 0.666. The van der Waals surface area contributed by atoms with Crippen LogP contribution in [-0.4, -0.2) is 19.3 Å². The average molecular weight is 246 g/mol. The Bertz CT molecular complexity index is 302. The molecule has 4 heteroatoms. The van der Waals surface area contributed by atoms with Crippen LogP contribution in [0.25, 0.3) is 0 Å². The summed E-state index contributed by atoms with van der Waals surface area (Å²) in [6.45, 7) is 0.621. The fourth-order valence-electron chi connectivity index (χ4n) is 1.11. The van der Waals surface area contributed by atoms with Crippen molar-refractivity contribution in [2.45, 2.75) is 6.54 Å². The number of aromatic hydroxyl groups is 1. The second-order valence-electron chi connectivity index (χ2n) is 2.62. The van der Waals surface area contributed by atoms with E-state index in [1.54, 1.807) is 0 Å². The first-order valence-electron chi connectivity index (χ1n) is 3.89. The Kier molecular flexibility index (Phi) is 3.57. The van der Waals surface area contributed by atoms with Crippen molar-refractivity contribution < 1.29 is 9.84 Å². The fraction of sp³-hybridized carbons (Fsp3) is 0.333. The second-order valence-corrected chi connectivity index (χ2v) is 3.47. The van der Waals surface area contributed by atoms with E-state index in [9.17, 15) is 5.11 Å². The highest BCUT2D eigenvalue weighted by Crippen LogP contribution is 2.36. The van der Waals surface area contributed by atoms with E-state index in [1.807, 2.05) is 19.2 Å². The highest BCUT2D eigenvalue weighted by molar-refractivity contribution is 9.10. The molecule has 13 heavy (non-hydrogen) atoms. The predicted octanol–water partition coefficient (Wildman–Crippen LogP) is 1.88. The molecule has 0 aliphatic rings. The summed E-state index contributed by atoms with van der Waals surface area (Å²) in [5, 5.41) is 12.7. The fourth-order valence-corrected chi connectivity index (χ4v) is 1.60. The van der Waals surface area contributed by atoms with Crippen LogP contribution in [0.5, 0.6) is 11.5 Å². The molecule has 0 aliphatic carbocycles. The number of phenols is 1. The van der Waals surface area contributed by atoms with Gasteiger partial charge >= 0.3 is 0 Å². The van der Waals surface area contributed by atoms with Gasteiger partial charge in [-0.25, -0.2) is 0 Å². The van der Waals surface area contributed by atoms with Crippen molar-refractivity contribution in [3.63, 3.8) is 0 Å². The molecule has 0 saturated heterocycles. The molecular formula is C9H12BrNO2. The van der Waals surface area contributed by atoms with E-state index in [0.29, 0.717) is 12.3 Å². The van der Waals surface area contributed by atoms with Crippen LogP contribution in [-0.2, 0) is 6.54 Å². The zero-order chi connectivity index (χ0) is 9.84. The van der Waals surface area contributed by atoms with E-state index in [-0.39, 0.29) is 5.75 Å². The molecule has 0 heterocycles. The third kappa shape index (κ3) is 2.14. The van der Waals surface area contributed by atoms with Crippen LogP contribution in [0.1, 0.15) is 5.56 Å². The lowest BCUT2D eigenvalue weighted by atomic mass is 10.2. The van der Waals surface area contributed by atoms with E-state index in [2.05, 4.69) is 21.2 Å². The number of halogens is 1. The Morgan fingerprint density at radius 1 is 1.54 bits per heavy atom. The maximum atomic E-state index is 9.71. The second kappa shape index (κ2) is 4.48. The summed E-state index contributed by atoms with van der Waals surface area (Å²) in [7, 11) is 3.36. The molecule has 0 atom stereocenters. The highest BCUT2D eigenvalue weighted by atomic mass is 79.9. The first-order valence-corrected chi connectivity index (χ1v) is 4.69. The van der Waals surface area contributed by atoms with Crippen LogP contribution in [0.15, 0.2) is 16.6 Å². The smallest absolute Gasteiger partial charge is 0.175 e. The molecule has 0 fully saturated rings. The van der Waals surface area contributed by atoms with E-state index >= 15 is 0 Å². The largest absolute Gasteiger partial charge is 0.504 e. The molecule has 0 spiro atoms. The van der Waals surface area contributed by atoms with Crippen LogP contribution in [0.3, 0.4) is 0 Å². The van der Waals surface area contributed by atoms with E-state index < -0.39 is 0 Å². The van der Waals surface area contributed by atoms with Gasteiger partial charge in [0.2, 0.25) is 0 Å².